The minimum atomic E-state index is -3.51. The predicted molar refractivity (Wildman–Crippen MR) is 48.6 cm³/mol. The van der Waals surface area contributed by atoms with Crippen molar-refractivity contribution in [3.8, 4) is 0 Å². The molecule has 0 N–H and O–H groups in total. The molecule has 0 bridgehead atoms. The van der Waals surface area contributed by atoms with Gasteiger partial charge in [-0.1, -0.05) is 5.57 Å². The summed E-state index contributed by atoms with van der Waals surface area (Å²) in [6, 6.07) is 0. The SMILES string of the molecule is C=C(C)CC1(F)COP(=O)(Cl)OC1. The van der Waals surface area contributed by atoms with E-state index >= 15 is 0 Å². The fourth-order valence-electron chi connectivity index (χ4n) is 1.11. The highest BCUT2D eigenvalue weighted by atomic mass is 35.7. The van der Waals surface area contributed by atoms with E-state index in [1.807, 2.05) is 0 Å². The Morgan fingerprint density at radius 3 is 2.54 bits per heavy atom. The van der Waals surface area contributed by atoms with Crippen LogP contribution in [0.25, 0.3) is 0 Å². The molecule has 0 aromatic rings. The van der Waals surface area contributed by atoms with Crippen LogP contribution in [0.4, 0.5) is 4.39 Å². The lowest BCUT2D eigenvalue weighted by Gasteiger charge is -2.31. The fraction of sp³-hybridized carbons (Fsp3) is 0.714. The van der Waals surface area contributed by atoms with E-state index in [4.69, 9.17) is 11.2 Å². The van der Waals surface area contributed by atoms with Gasteiger partial charge in [0.1, 0.15) is 0 Å². The second kappa shape index (κ2) is 3.70. The third-order valence-electron chi connectivity index (χ3n) is 1.57. The van der Waals surface area contributed by atoms with E-state index in [1.54, 1.807) is 6.92 Å². The summed E-state index contributed by atoms with van der Waals surface area (Å²) in [7, 11) is 0. The molecule has 1 aliphatic rings. The van der Waals surface area contributed by atoms with Crippen LogP contribution in [0.15, 0.2) is 12.2 Å². The second-order valence-electron chi connectivity index (χ2n) is 3.26. The zero-order valence-electron chi connectivity index (χ0n) is 7.26. The Morgan fingerprint density at radius 1 is 1.69 bits per heavy atom. The Morgan fingerprint density at radius 2 is 2.15 bits per heavy atom. The number of alkyl halides is 1. The van der Waals surface area contributed by atoms with Gasteiger partial charge in [-0.25, -0.2) is 8.96 Å². The first-order valence-corrected chi connectivity index (χ1v) is 6.20. The second-order valence-corrected chi connectivity index (χ2v) is 5.88. The van der Waals surface area contributed by atoms with Crippen LogP contribution in [0.1, 0.15) is 13.3 Å². The molecule has 0 radical (unpaired) electrons. The number of hydrogen-bond donors (Lipinski definition) is 0. The Bertz CT molecular complexity index is 256. The monoisotopic (exact) mass is 228 g/mol. The van der Waals surface area contributed by atoms with E-state index in [0.29, 0.717) is 5.57 Å². The van der Waals surface area contributed by atoms with Crippen LogP contribution < -0.4 is 0 Å². The third kappa shape index (κ3) is 3.39. The first-order valence-electron chi connectivity index (χ1n) is 3.75. The molecule has 13 heavy (non-hydrogen) atoms. The van der Waals surface area contributed by atoms with Gasteiger partial charge in [-0.05, 0) is 6.92 Å². The van der Waals surface area contributed by atoms with Crippen molar-refractivity contribution in [1.29, 1.82) is 0 Å². The van der Waals surface area contributed by atoms with Crippen LogP contribution in [-0.2, 0) is 13.6 Å². The Balaban J connectivity index is 2.56. The molecule has 0 unspecified atom stereocenters. The summed E-state index contributed by atoms with van der Waals surface area (Å²) in [5.74, 6) is 0. The van der Waals surface area contributed by atoms with Gasteiger partial charge in [0.2, 0.25) is 0 Å². The van der Waals surface area contributed by atoms with E-state index in [9.17, 15) is 8.96 Å². The highest BCUT2D eigenvalue weighted by Gasteiger charge is 2.41. The molecular formula is C7H11ClFO3P. The lowest BCUT2D eigenvalue weighted by Crippen LogP contribution is -2.37. The maximum Gasteiger partial charge on any atom is 0.424 e. The van der Waals surface area contributed by atoms with Crippen molar-refractivity contribution in [2.75, 3.05) is 13.2 Å². The summed E-state index contributed by atoms with van der Waals surface area (Å²) >= 11 is 5.26. The lowest BCUT2D eigenvalue weighted by molar-refractivity contribution is -0.00657. The Kier molecular flexibility index (Phi) is 3.18. The standard InChI is InChI=1S/C7H11ClFO3P/c1-6(2)3-7(9)4-11-13(8,10)12-5-7/h1,3-5H2,2H3. The lowest BCUT2D eigenvalue weighted by atomic mass is 10.00. The van der Waals surface area contributed by atoms with E-state index in [0.717, 1.165) is 0 Å². The summed E-state index contributed by atoms with van der Waals surface area (Å²) in [5, 5.41) is 0. The molecule has 1 saturated heterocycles. The zero-order chi connectivity index (χ0) is 10.1. The molecule has 1 fully saturated rings. The molecule has 6 heteroatoms. The van der Waals surface area contributed by atoms with Gasteiger partial charge in [0.15, 0.2) is 5.67 Å². The predicted octanol–water partition coefficient (Wildman–Crippen LogP) is 3.05. The van der Waals surface area contributed by atoms with Crippen molar-refractivity contribution in [2.24, 2.45) is 0 Å². The van der Waals surface area contributed by atoms with Gasteiger partial charge in [-0.3, -0.25) is 9.05 Å². The quantitative estimate of drug-likeness (QED) is 0.538. The molecule has 1 heterocycles. The van der Waals surface area contributed by atoms with Crippen molar-refractivity contribution >= 4 is 18.2 Å². The fourth-order valence-corrected chi connectivity index (χ4v) is 2.25. The smallest absolute Gasteiger partial charge is 0.293 e. The number of allylic oxidation sites excluding steroid dienone is 1. The molecule has 76 valence electrons. The van der Waals surface area contributed by atoms with Crippen molar-refractivity contribution in [2.45, 2.75) is 19.0 Å². The molecular weight excluding hydrogens is 217 g/mol. The zero-order valence-corrected chi connectivity index (χ0v) is 8.91. The van der Waals surface area contributed by atoms with Crippen molar-refractivity contribution in [1.82, 2.24) is 0 Å². The summed E-state index contributed by atoms with van der Waals surface area (Å²) in [6.07, 6.45) is 0.129. The van der Waals surface area contributed by atoms with Crippen LogP contribution >= 0.6 is 18.2 Å². The summed E-state index contributed by atoms with van der Waals surface area (Å²) in [6.45, 7) is 1.16. The highest BCUT2D eigenvalue weighted by Crippen LogP contribution is 2.57. The Hall–Kier alpha value is 0.110. The average molecular weight is 229 g/mol. The molecule has 1 aliphatic heterocycles. The molecule has 0 saturated carbocycles. The van der Waals surface area contributed by atoms with Crippen LogP contribution in [0.5, 0.6) is 0 Å². The van der Waals surface area contributed by atoms with Crippen LogP contribution in [0, 0.1) is 0 Å². The van der Waals surface area contributed by atoms with E-state index in [2.05, 4.69) is 15.6 Å². The largest absolute Gasteiger partial charge is 0.424 e. The maximum atomic E-state index is 13.7. The normalized spacial score (nSPS) is 40.2. The molecule has 0 atom stereocenters. The van der Waals surface area contributed by atoms with Crippen molar-refractivity contribution in [3.05, 3.63) is 12.2 Å². The molecule has 0 spiro atoms. The summed E-state index contributed by atoms with van der Waals surface area (Å²) < 4.78 is 33.7. The van der Waals surface area contributed by atoms with E-state index in [1.165, 1.54) is 0 Å². The van der Waals surface area contributed by atoms with Crippen LogP contribution in [-0.4, -0.2) is 18.9 Å². The van der Waals surface area contributed by atoms with Crippen LogP contribution in [0.3, 0.4) is 0 Å². The van der Waals surface area contributed by atoms with Gasteiger partial charge in [0.25, 0.3) is 0 Å². The number of rotatable bonds is 2. The molecule has 0 aromatic heterocycles. The third-order valence-corrected chi connectivity index (χ3v) is 3.03. The van der Waals surface area contributed by atoms with Crippen molar-refractivity contribution < 1.29 is 18.0 Å². The number of halogens is 2. The van der Waals surface area contributed by atoms with Gasteiger partial charge in [0, 0.05) is 17.7 Å². The van der Waals surface area contributed by atoms with Gasteiger partial charge in [0.05, 0.1) is 13.2 Å². The van der Waals surface area contributed by atoms with Gasteiger partial charge in [-0.2, -0.15) is 0 Å². The van der Waals surface area contributed by atoms with Crippen LogP contribution in [0.2, 0.25) is 0 Å². The summed E-state index contributed by atoms with van der Waals surface area (Å²) in [4.78, 5) is 0. The molecule has 3 nitrogen and oxygen atoms in total. The van der Waals surface area contributed by atoms with Gasteiger partial charge >= 0.3 is 6.95 Å². The topological polar surface area (TPSA) is 35.5 Å². The van der Waals surface area contributed by atoms with Gasteiger partial charge in [-0.15, -0.1) is 6.58 Å². The maximum absolute atomic E-state index is 13.7. The average Bonchev–Trinajstić information content (AvgIpc) is 1.95. The first kappa shape index (κ1) is 11.2. The highest BCUT2D eigenvalue weighted by molar-refractivity contribution is 7.81. The van der Waals surface area contributed by atoms with Crippen molar-refractivity contribution in [3.63, 3.8) is 0 Å². The summed E-state index contributed by atoms with van der Waals surface area (Å²) in [5.41, 5.74) is -0.963. The Labute approximate surface area is 81.2 Å². The van der Waals surface area contributed by atoms with E-state index in [-0.39, 0.29) is 19.6 Å². The first-order chi connectivity index (χ1) is 5.83. The molecule has 0 aromatic carbocycles. The number of hydrogen-bond acceptors (Lipinski definition) is 3. The molecule has 0 amide bonds. The van der Waals surface area contributed by atoms with E-state index < -0.39 is 12.6 Å². The van der Waals surface area contributed by atoms with Gasteiger partial charge < -0.3 is 0 Å². The minimum Gasteiger partial charge on any atom is -0.293 e. The molecule has 1 rings (SSSR count). The molecule has 0 aliphatic carbocycles. The minimum absolute atomic E-state index is 0.129.